The quantitative estimate of drug-likeness (QED) is 0.351. The van der Waals surface area contributed by atoms with Gasteiger partial charge in [-0.2, -0.15) is 5.10 Å². The van der Waals surface area contributed by atoms with Crippen molar-refractivity contribution < 1.29 is 5.11 Å². The van der Waals surface area contributed by atoms with E-state index >= 15 is 0 Å². The fourth-order valence-corrected chi connectivity index (χ4v) is 0.543. The molecule has 5 nitrogen and oxygen atoms in total. The molecule has 0 amide bonds. The highest BCUT2D eigenvalue weighted by Crippen LogP contribution is 1.95. The number of hydrogen-bond donors (Lipinski definition) is 3. The summed E-state index contributed by atoms with van der Waals surface area (Å²) in [7, 11) is 0. The Bertz CT molecular complexity index is 171. The maximum absolute atomic E-state index is 8.91. The fraction of sp³-hybridized carbons (Fsp3) is 0.500. The highest BCUT2D eigenvalue weighted by Gasteiger charge is 2.19. The van der Waals surface area contributed by atoms with Gasteiger partial charge < -0.3 is 5.11 Å². The van der Waals surface area contributed by atoms with Gasteiger partial charge in [0.05, 0.1) is 11.9 Å². The highest BCUT2D eigenvalue weighted by molar-refractivity contribution is 6.29. The minimum absolute atomic E-state index is 0.596. The van der Waals surface area contributed by atoms with E-state index in [1.165, 1.54) is 6.21 Å². The van der Waals surface area contributed by atoms with Gasteiger partial charge in [0.2, 0.25) is 0 Å². The van der Waals surface area contributed by atoms with E-state index in [2.05, 4.69) is 15.5 Å². The maximum Gasteiger partial charge on any atom is 0.310 e. The largest absolute Gasteiger partial charge is 0.339 e. The minimum atomic E-state index is -1.71. The molecule has 4 N–H and O–H groups in total. The molecule has 0 aromatic heterocycles. The number of nitrogens with zero attached hydrogens (tertiary/aromatic N) is 2. The summed E-state index contributed by atoms with van der Waals surface area (Å²) in [6.07, 6.45) is 1.47. The number of rotatable bonds is 0. The normalized spacial score (nSPS) is 33.4. The molecule has 0 radical (unpaired) electrons. The van der Waals surface area contributed by atoms with Gasteiger partial charge in [-0.15, -0.1) is 0 Å². The fourth-order valence-electron chi connectivity index (χ4n) is 0.543. The summed E-state index contributed by atoms with van der Waals surface area (Å²) >= 11 is 0. The second-order valence-electron chi connectivity index (χ2n) is 1.85. The molecule has 1 unspecified atom stereocenters. The lowest BCUT2D eigenvalue weighted by molar-refractivity contribution is 0.0208. The molecule has 0 bridgehead atoms. The topological polar surface area (TPSA) is 83.0 Å². The Labute approximate surface area is 52.3 Å². The van der Waals surface area contributed by atoms with E-state index in [4.69, 9.17) is 10.8 Å². The number of nitrogens with two attached hydrogens (primary N) is 1. The number of hydrazone groups is 1. The smallest absolute Gasteiger partial charge is 0.310 e. The Morgan fingerprint density at radius 2 is 2.56 bits per heavy atom. The Hall–Kier alpha value is -0.940. The van der Waals surface area contributed by atoms with Crippen molar-refractivity contribution in [2.24, 2.45) is 15.8 Å². The van der Waals surface area contributed by atoms with Gasteiger partial charge in [-0.1, -0.05) is 0 Å². The Balaban J connectivity index is 2.78. The predicted octanol–water partition coefficient (Wildman–Crippen LogP) is -1.40. The molecule has 0 saturated carbocycles. The first-order valence-corrected chi connectivity index (χ1v) is 2.48. The van der Waals surface area contributed by atoms with Gasteiger partial charge in [-0.3, -0.25) is 5.73 Å². The van der Waals surface area contributed by atoms with Crippen molar-refractivity contribution in [2.75, 3.05) is 0 Å². The van der Waals surface area contributed by atoms with Crippen molar-refractivity contribution in [3.63, 3.8) is 0 Å². The SMILES string of the molecule is CC1=NC(N)(O)NN=C1. The standard InChI is InChI=1S/C4H8N4O/c1-3-2-6-8-4(5,9)7-3/h2,8-9H,5H2,1H3. The summed E-state index contributed by atoms with van der Waals surface area (Å²) in [5.74, 6) is -1.71. The summed E-state index contributed by atoms with van der Waals surface area (Å²) in [6.45, 7) is 1.70. The lowest BCUT2D eigenvalue weighted by Gasteiger charge is -2.19. The van der Waals surface area contributed by atoms with Crippen molar-refractivity contribution in [3.8, 4) is 0 Å². The number of nitrogens with one attached hydrogen (secondary N) is 1. The van der Waals surface area contributed by atoms with Gasteiger partial charge in [-0.05, 0) is 6.92 Å². The highest BCUT2D eigenvalue weighted by atomic mass is 16.3. The van der Waals surface area contributed by atoms with Gasteiger partial charge in [0.25, 0.3) is 0 Å². The lowest BCUT2D eigenvalue weighted by Crippen LogP contribution is -2.51. The van der Waals surface area contributed by atoms with Gasteiger partial charge in [-0.25, -0.2) is 10.4 Å². The molecule has 1 heterocycles. The van der Waals surface area contributed by atoms with Crippen molar-refractivity contribution >= 4 is 11.9 Å². The Morgan fingerprint density at radius 1 is 1.89 bits per heavy atom. The van der Waals surface area contributed by atoms with E-state index in [1.54, 1.807) is 6.92 Å². The van der Waals surface area contributed by atoms with Crippen LogP contribution in [0.3, 0.4) is 0 Å². The van der Waals surface area contributed by atoms with E-state index in [-0.39, 0.29) is 0 Å². The van der Waals surface area contributed by atoms with Crippen LogP contribution in [0, 0.1) is 0 Å². The van der Waals surface area contributed by atoms with Crippen LogP contribution < -0.4 is 11.2 Å². The molecule has 0 aliphatic carbocycles. The van der Waals surface area contributed by atoms with Crippen LogP contribution in [0.1, 0.15) is 6.92 Å². The average Bonchev–Trinajstić information content (AvgIpc) is 1.60. The van der Waals surface area contributed by atoms with E-state index in [9.17, 15) is 0 Å². The zero-order chi connectivity index (χ0) is 6.91. The van der Waals surface area contributed by atoms with Crippen LogP contribution in [-0.2, 0) is 0 Å². The van der Waals surface area contributed by atoms with Crippen molar-refractivity contribution in [2.45, 2.75) is 12.9 Å². The van der Waals surface area contributed by atoms with Gasteiger partial charge in [0.15, 0.2) is 0 Å². The molecule has 0 saturated heterocycles. The van der Waals surface area contributed by atoms with Crippen LogP contribution in [-0.4, -0.2) is 23.0 Å². The second-order valence-corrected chi connectivity index (χ2v) is 1.85. The molecular weight excluding hydrogens is 120 g/mol. The first kappa shape index (κ1) is 6.18. The summed E-state index contributed by atoms with van der Waals surface area (Å²) in [5.41, 5.74) is 7.91. The molecule has 0 spiro atoms. The van der Waals surface area contributed by atoms with Crippen LogP contribution in [0.5, 0.6) is 0 Å². The molecular formula is C4H8N4O. The second kappa shape index (κ2) is 1.78. The van der Waals surface area contributed by atoms with Gasteiger partial charge in [0.1, 0.15) is 0 Å². The molecule has 0 aromatic carbocycles. The van der Waals surface area contributed by atoms with Gasteiger partial charge >= 0.3 is 5.97 Å². The van der Waals surface area contributed by atoms with Crippen LogP contribution in [0.2, 0.25) is 0 Å². The minimum Gasteiger partial charge on any atom is -0.339 e. The molecule has 1 aliphatic heterocycles. The molecule has 1 rings (SSSR count). The van der Waals surface area contributed by atoms with Crippen LogP contribution in [0.4, 0.5) is 0 Å². The third-order valence-electron chi connectivity index (χ3n) is 0.827. The number of aliphatic hydroxyl groups is 1. The van der Waals surface area contributed by atoms with E-state index in [0.29, 0.717) is 5.71 Å². The zero-order valence-electron chi connectivity index (χ0n) is 5.00. The first-order chi connectivity index (χ1) is 4.10. The molecule has 0 fully saturated rings. The molecule has 0 aromatic rings. The molecule has 1 atom stereocenters. The van der Waals surface area contributed by atoms with Gasteiger partial charge in [0, 0.05) is 0 Å². The van der Waals surface area contributed by atoms with Crippen LogP contribution in [0.25, 0.3) is 0 Å². The van der Waals surface area contributed by atoms with Crippen molar-refractivity contribution in [1.29, 1.82) is 0 Å². The number of hydrogen-bond acceptors (Lipinski definition) is 5. The van der Waals surface area contributed by atoms with Crippen molar-refractivity contribution in [1.82, 2.24) is 5.43 Å². The van der Waals surface area contributed by atoms with E-state index < -0.39 is 5.97 Å². The molecule has 50 valence electrons. The van der Waals surface area contributed by atoms with Crippen LogP contribution in [0.15, 0.2) is 10.1 Å². The Morgan fingerprint density at radius 3 is 2.89 bits per heavy atom. The monoisotopic (exact) mass is 128 g/mol. The maximum atomic E-state index is 8.91. The van der Waals surface area contributed by atoms with Crippen molar-refractivity contribution in [3.05, 3.63) is 0 Å². The molecule has 1 aliphatic rings. The summed E-state index contributed by atoms with van der Waals surface area (Å²) in [4.78, 5) is 3.60. The lowest BCUT2D eigenvalue weighted by atomic mass is 10.4. The first-order valence-electron chi connectivity index (χ1n) is 2.48. The van der Waals surface area contributed by atoms with E-state index in [0.717, 1.165) is 0 Å². The summed E-state index contributed by atoms with van der Waals surface area (Å²) in [5, 5.41) is 12.4. The predicted molar refractivity (Wildman–Crippen MR) is 33.9 cm³/mol. The summed E-state index contributed by atoms with van der Waals surface area (Å²) in [6, 6.07) is 0. The number of aliphatic imine (C=N–C) groups is 1. The third kappa shape index (κ3) is 1.48. The molecule has 5 heteroatoms. The average molecular weight is 128 g/mol. The Kier molecular flexibility index (Phi) is 1.22. The van der Waals surface area contributed by atoms with E-state index in [1.807, 2.05) is 0 Å². The zero-order valence-corrected chi connectivity index (χ0v) is 5.00. The molecule has 9 heavy (non-hydrogen) atoms. The third-order valence-corrected chi connectivity index (χ3v) is 0.827. The summed E-state index contributed by atoms with van der Waals surface area (Å²) < 4.78 is 0. The van der Waals surface area contributed by atoms with Crippen LogP contribution >= 0.6 is 0 Å².